The van der Waals surface area contributed by atoms with Crippen molar-refractivity contribution in [1.82, 2.24) is 14.9 Å². The van der Waals surface area contributed by atoms with Crippen LogP contribution < -0.4 is 21.9 Å². The molecule has 2 aromatic carbocycles. The van der Waals surface area contributed by atoms with Gasteiger partial charge < -0.3 is 15.4 Å². The summed E-state index contributed by atoms with van der Waals surface area (Å²) < 4.78 is 20.8. The number of aromatic nitrogens is 2. The minimum Gasteiger partial charge on any atom is -0.380 e. The van der Waals surface area contributed by atoms with Crippen LogP contribution in [0.25, 0.3) is 0 Å². The summed E-state index contributed by atoms with van der Waals surface area (Å²) in [6.45, 7) is 5.61. The number of benzene rings is 2. The number of H-pyrrole nitrogens is 1. The smallest absolute Gasteiger partial charge is 0.328 e. The molecule has 2 amide bonds. The Morgan fingerprint density at radius 3 is 2.36 bits per heavy atom. The van der Waals surface area contributed by atoms with E-state index in [1.807, 2.05) is 20.8 Å². The molecule has 190 valence electrons. The molecule has 0 radical (unpaired) electrons. The van der Waals surface area contributed by atoms with E-state index in [2.05, 4.69) is 15.6 Å². The van der Waals surface area contributed by atoms with Crippen LogP contribution in [0.3, 0.4) is 0 Å². The van der Waals surface area contributed by atoms with Gasteiger partial charge >= 0.3 is 5.69 Å². The molecule has 0 saturated heterocycles. The molecule has 10 heteroatoms. The maximum absolute atomic E-state index is 14.7. The Morgan fingerprint density at radius 1 is 1.08 bits per heavy atom. The quantitative estimate of drug-likeness (QED) is 0.443. The van der Waals surface area contributed by atoms with Gasteiger partial charge in [-0.1, -0.05) is 51.1 Å². The number of carbonyl (C=O) groups excluding carboxylic acids is 2. The number of anilines is 1. The van der Waals surface area contributed by atoms with Gasteiger partial charge in [-0.05, 0) is 34.2 Å². The second-order valence-corrected chi connectivity index (χ2v) is 9.35. The van der Waals surface area contributed by atoms with E-state index < -0.39 is 46.9 Å². The third kappa shape index (κ3) is 6.76. The van der Waals surface area contributed by atoms with Gasteiger partial charge in [0.1, 0.15) is 18.4 Å². The summed E-state index contributed by atoms with van der Waals surface area (Å²) in [6.07, 6.45) is 1.19. The van der Waals surface area contributed by atoms with Crippen LogP contribution in [0.5, 0.6) is 0 Å². The summed E-state index contributed by atoms with van der Waals surface area (Å²) in [6, 6.07) is 11.3. The van der Waals surface area contributed by atoms with Gasteiger partial charge in [-0.2, -0.15) is 0 Å². The van der Waals surface area contributed by atoms with Gasteiger partial charge in [0.2, 0.25) is 5.91 Å². The highest BCUT2D eigenvalue weighted by Crippen LogP contribution is 2.27. The van der Waals surface area contributed by atoms with Gasteiger partial charge in [0, 0.05) is 25.1 Å². The second-order valence-electron chi connectivity index (χ2n) is 9.35. The number of aromatic amines is 1. The van der Waals surface area contributed by atoms with Crippen molar-refractivity contribution in [3.63, 3.8) is 0 Å². The van der Waals surface area contributed by atoms with Gasteiger partial charge in [-0.3, -0.25) is 23.9 Å². The molecule has 1 heterocycles. The first-order chi connectivity index (χ1) is 17.0. The third-order valence-corrected chi connectivity index (χ3v) is 5.45. The molecule has 0 bridgehead atoms. The SMILES string of the molecule is COCc1ccc(C(NC(=O)Cn2ccc(=O)[nH]c2=O)C(=O)Nc2ccc(C(C)(C)C)c(F)c2)cc1. The van der Waals surface area contributed by atoms with Gasteiger partial charge in [0.15, 0.2) is 0 Å². The standard InChI is InChI=1S/C26H29FN4O5/c1-26(2,3)19-10-9-18(13-20(19)27)28-24(34)23(17-7-5-16(6-8-17)15-36-4)29-22(33)14-31-12-11-21(32)30-25(31)35/h5-13,23H,14-15H2,1-4H3,(H,28,34)(H,29,33)(H,30,32,35). The van der Waals surface area contributed by atoms with E-state index in [9.17, 15) is 23.6 Å². The van der Waals surface area contributed by atoms with Crippen LogP contribution in [0.2, 0.25) is 0 Å². The first-order valence-corrected chi connectivity index (χ1v) is 11.3. The molecule has 0 spiro atoms. The number of nitrogens with zero attached hydrogens (tertiary/aromatic N) is 1. The van der Waals surface area contributed by atoms with Crippen molar-refractivity contribution in [2.45, 2.75) is 45.4 Å². The highest BCUT2D eigenvalue weighted by Gasteiger charge is 2.24. The third-order valence-electron chi connectivity index (χ3n) is 5.45. The lowest BCUT2D eigenvalue weighted by molar-refractivity contribution is -0.127. The van der Waals surface area contributed by atoms with E-state index in [0.717, 1.165) is 16.2 Å². The molecule has 1 atom stereocenters. The second kappa shape index (κ2) is 11.1. The number of rotatable bonds is 8. The normalized spacial score (nSPS) is 12.1. The lowest BCUT2D eigenvalue weighted by atomic mass is 9.86. The summed E-state index contributed by atoms with van der Waals surface area (Å²) in [4.78, 5) is 51.2. The van der Waals surface area contributed by atoms with E-state index in [-0.39, 0.29) is 5.69 Å². The number of halogens is 1. The van der Waals surface area contributed by atoms with Crippen LogP contribution in [-0.4, -0.2) is 28.5 Å². The van der Waals surface area contributed by atoms with Crippen molar-refractivity contribution >= 4 is 17.5 Å². The fraction of sp³-hybridized carbons (Fsp3) is 0.308. The highest BCUT2D eigenvalue weighted by atomic mass is 19.1. The summed E-state index contributed by atoms with van der Waals surface area (Å²) in [5.74, 6) is -1.69. The Labute approximate surface area is 207 Å². The topological polar surface area (TPSA) is 122 Å². The average Bonchev–Trinajstić information content (AvgIpc) is 2.79. The summed E-state index contributed by atoms with van der Waals surface area (Å²) in [5.41, 5.74) is 0.329. The van der Waals surface area contributed by atoms with Crippen molar-refractivity contribution in [3.8, 4) is 0 Å². The van der Waals surface area contributed by atoms with Crippen molar-refractivity contribution in [1.29, 1.82) is 0 Å². The monoisotopic (exact) mass is 496 g/mol. The van der Waals surface area contributed by atoms with Crippen LogP contribution in [0.15, 0.2) is 64.3 Å². The van der Waals surface area contributed by atoms with E-state index in [4.69, 9.17) is 4.74 Å². The number of ether oxygens (including phenoxy) is 1. The van der Waals surface area contributed by atoms with E-state index >= 15 is 0 Å². The molecule has 9 nitrogen and oxygen atoms in total. The molecular formula is C26H29FN4O5. The van der Waals surface area contributed by atoms with Crippen LogP contribution in [0.4, 0.5) is 10.1 Å². The molecule has 0 aliphatic heterocycles. The molecular weight excluding hydrogens is 467 g/mol. The number of carbonyl (C=O) groups is 2. The first-order valence-electron chi connectivity index (χ1n) is 11.3. The Balaban J connectivity index is 1.85. The summed E-state index contributed by atoms with van der Waals surface area (Å²) in [7, 11) is 1.56. The lowest BCUT2D eigenvalue weighted by Gasteiger charge is -2.22. The predicted octanol–water partition coefficient (Wildman–Crippen LogP) is 2.62. The molecule has 0 aliphatic carbocycles. The average molecular weight is 497 g/mol. The van der Waals surface area contributed by atoms with Crippen molar-refractivity contribution in [2.75, 3.05) is 12.4 Å². The number of methoxy groups -OCH3 is 1. The van der Waals surface area contributed by atoms with E-state index in [1.54, 1.807) is 43.5 Å². The number of amides is 2. The van der Waals surface area contributed by atoms with Crippen molar-refractivity contribution < 1.29 is 18.7 Å². The minimum absolute atomic E-state index is 0.234. The maximum atomic E-state index is 14.7. The molecule has 1 aromatic heterocycles. The van der Waals surface area contributed by atoms with Gasteiger partial charge in [0.25, 0.3) is 11.5 Å². The zero-order valence-corrected chi connectivity index (χ0v) is 20.6. The maximum Gasteiger partial charge on any atom is 0.328 e. The molecule has 0 fully saturated rings. The Bertz CT molecular complexity index is 1360. The molecule has 36 heavy (non-hydrogen) atoms. The highest BCUT2D eigenvalue weighted by molar-refractivity contribution is 5.97. The van der Waals surface area contributed by atoms with Crippen LogP contribution in [-0.2, 0) is 32.9 Å². The zero-order valence-electron chi connectivity index (χ0n) is 20.6. The van der Waals surface area contributed by atoms with Crippen molar-refractivity contribution in [2.24, 2.45) is 0 Å². The first kappa shape index (κ1) is 26.6. The Morgan fingerprint density at radius 2 is 1.78 bits per heavy atom. The number of hydrogen-bond donors (Lipinski definition) is 3. The molecule has 3 N–H and O–H groups in total. The van der Waals surface area contributed by atoms with Crippen LogP contribution in [0.1, 0.15) is 43.5 Å². The van der Waals surface area contributed by atoms with Gasteiger partial charge in [-0.25, -0.2) is 9.18 Å². The summed E-state index contributed by atoms with van der Waals surface area (Å²) >= 11 is 0. The lowest BCUT2D eigenvalue weighted by Crippen LogP contribution is -2.41. The molecule has 3 aromatic rings. The van der Waals surface area contributed by atoms with Crippen LogP contribution in [0, 0.1) is 5.82 Å². The number of nitrogens with one attached hydrogen (secondary N) is 3. The predicted molar refractivity (Wildman–Crippen MR) is 133 cm³/mol. The van der Waals surface area contributed by atoms with E-state index in [0.29, 0.717) is 17.7 Å². The Hall–Kier alpha value is -4.05. The van der Waals surface area contributed by atoms with Crippen LogP contribution >= 0.6 is 0 Å². The fourth-order valence-electron chi connectivity index (χ4n) is 3.62. The Kier molecular flexibility index (Phi) is 8.21. The van der Waals surface area contributed by atoms with Gasteiger partial charge in [0.05, 0.1) is 6.61 Å². The minimum atomic E-state index is -1.14. The van der Waals surface area contributed by atoms with Crippen molar-refractivity contribution in [3.05, 3.63) is 98.1 Å². The fourth-order valence-corrected chi connectivity index (χ4v) is 3.62. The molecule has 0 saturated carbocycles. The largest absolute Gasteiger partial charge is 0.380 e. The molecule has 3 rings (SSSR count). The summed E-state index contributed by atoms with van der Waals surface area (Å²) in [5, 5.41) is 5.27. The van der Waals surface area contributed by atoms with E-state index in [1.165, 1.54) is 12.3 Å². The zero-order chi connectivity index (χ0) is 26.5. The molecule has 1 unspecified atom stereocenters. The van der Waals surface area contributed by atoms with Gasteiger partial charge in [-0.15, -0.1) is 0 Å². The molecule has 0 aliphatic rings. The number of hydrogen-bond acceptors (Lipinski definition) is 5.